The Kier molecular flexibility index (Phi) is 6.95. The first-order chi connectivity index (χ1) is 12.0. The molecule has 8 heteroatoms. The van der Waals surface area contributed by atoms with Crippen LogP contribution in [0.5, 0.6) is 11.5 Å². The maximum absolute atomic E-state index is 12.3. The third-order valence-electron chi connectivity index (χ3n) is 3.87. The zero-order valence-electron chi connectivity index (χ0n) is 15.1. The van der Waals surface area contributed by atoms with Gasteiger partial charge in [0.05, 0.1) is 20.0 Å². The quantitative estimate of drug-likeness (QED) is 0.738. The zero-order valence-corrected chi connectivity index (χ0v) is 15.9. The number of ether oxygens (including phenoxy) is 2. The third-order valence-corrected chi connectivity index (χ3v) is 5.10. The molecular formula is C17H25N3O4S. The lowest BCUT2D eigenvalue weighted by atomic mass is 10.1. The molecule has 138 valence electrons. The monoisotopic (exact) mass is 367 g/mol. The van der Waals surface area contributed by atoms with Crippen LogP contribution in [0.15, 0.2) is 18.2 Å². The lowest BCUT2D eigenvalue weighted by molar-refractivity contribution is -0.133. The Morgan fingerprint density at radius 2 is 2.12 bits per heavy atom. The number of likely N-dealkylation sites (N-methyl/N-ethyl adjacent to an activating group) is 1. The van der Waals surface area contributed by atoms with Crippen LogP contribution in [0.25, 0.3) is 0 Å². The van der Waals surface area contributed by atoms with Crippen molar-refractivity contribution in [2.45, 2.75) is 5.37 Å². The van der Waals surface area contributed by atoms with Gasteiger partial charge in [-0.25, -0.2) is 0 Å². The number of methoxy groups -OCH3 is 2. The molecule has 0 spiro atoms. The SMILES string of the molecule is COc1ccc(OC)c(C2SCC(=O)N2CC(=O)NCCN(C)C)c1. The third kappa shape index (κ3) is 5.02. The van der Waals surface area contributed by atoms with Gasteiger partial charge in [0.2, 0.25) is 11.8 Å². The lowest BCUT2D eigenvalue weighted by Crippen LogP contribution is -2.41. The van der Waals surface area contributed by atoms with Crippen molar-refractivity contribution in [3.63, 3.8) is 0 Å². The summed E-state index contributed by atoms with van der Waals surface area (Å²) in [7, 11) is 7.06. The largest absolute Gasteiger partial charge is 0.497 e. The van der Waals surface area contributed by atoms with Gasteiger partial charge in [-0.05, 0) is 32.3 Å². The standard InChI is InChI=1S/C17H25N3O4S/c1-19(2)8-7-18-15(21)10-20-16(22)11-25-17(20)13-9-12(23-3)5-6-14(13)24-4/h5-6,9,17H,7-8,10-11H2,1-4H3,(H,18,21). The molecule has 25 heavy (non-hydrogen) atoms. The van der Waals surface area contributed by atoms with Crippen molar-refractivity contribution in [1.82, 2.24) is 15.1 Å². The Morgan fingerprint density at radius 1 is 1.36 bits per heavy atom. The van der Waals surface area contributed by atoms with E-state index in [0.29, 0.717) is 23.8 Å². The number of carbonyl (C=O) groups is 2. The van der Waals surface area contributed by atoms with Crippen LogP contribution in [0.1, 0.15) is 10.9 Å². The second-order valence-corrected chi connectivity index (χ2v) is 7.01. The number of thioether (sulfide) groups is 1. The predicted molar refractivity (Wildman–Crippen MR) is 98.0 cm³/mol. The van der Waals surface area contributed by atoms with Crippen LogP contribution in [-0.4, -0.2) is 75.3 Å². The van der Waals surface area contributed by atoms with Crippen molar-refractivity contribution < 1.29 is 19.1 Å². The predicted octanol–water partition coefficient (Wildman–Crippen LogP) is 0.956. The summed E-state index contributed by atoms with van der Waals surface area (Å²) in [5, 5.41) is 2.58. The molecule has 1 aliphatic rings. The highest BCUT2D eigenvalue weighted by molar-refractivity contribution is 8.00. The van der Waals surface area contributed by atoms with Crippen molar-refractivity contribution in [2.24, 2.45) is 0 Å². The van der Waals surface area contributed by atoms with E-state index in [0.717, 1.165) is 12.1 Å². The normalized spacial score (nSPS) is 17.1. The number of nitrogens with one attached hydrogen (secondary N) is 1. The van der Waals surface area contributed by atoms with Gasteiger partial charge in [-0.3, -0.25) is 9.59 Å². The highest BCUT2D eigenvalue weighted by atomic mass is 32.2. The van der Waals surface area contributed by atoms with E-state index < -0.39 is 0 Å². The molecule has 1 aromatic carbocycles. The maximum Gasteiger partial charge on any atom is 0.239 e. The minimum Gasteiger partial charge on any atom is -0.497 e. The summed E-state index contributed by atoms with van der Waals surface area (Å²) in [4.78, 5) is 28.0. The number of benzene rings is 1. The highest BCUT2D eigenvalue weighted by Gasteiger charge is 2.35. The number of amides is 2. The summed E-state index contributed by atoms with van der Waals surface area (Å²) in [5.41, 5.74) is 0.832. The second-order valence-electron chi connectivity index (χ2n) is 5.95. The number of carbonyl (C=O) groups excluding carboxylic acids is 2. The van der Waals surface area contributed by atoms with Gasteiger partial charge in [0.1, 0.15) is 23.4 Å². The van der Waals surface area contributed by atoms with Crippen LogP contribution >= 0.6 is 11.8 Å². The van der Waals surface area contributed by atoms with Gasteiger partial charge in [-0.1, -0.05) is 0 Å². The fourth-order valence-electron chi connectivity index (χ4n) is 2.54. The maximum atomic E-state index is 12.3. The molecule has 0 aromatic heterocycles. The van der Waals surface area contributed by atoms with E-state index in [1.54, 1.807) is 19.1 Å². The molecule has 1 saturated heterocycles. The van der Waals surface area contributed by atoms with Crippen molar-refractivity contribution >= 4 is 23.6 Å². The number of hydrogen-bond donors (Lipinski definition) is 1. The van der Waals surface area contributed by atoms with Crippen LogP contribution in [-0.2, 0) is 9.59 Å². The van der Waals surface area contributed by atoms with E-state index in [2.05, 4.69) is 5.32 Å². The highest BCUT2D eigenvalue weighted by Crippen LogP contribution is 2.43. The molecule has 0 saturated carbocycles. The van der Waals surface area contributed by atoms with Gasteiger partial charge in [0.25, 0.3) is 0 Å². The van der Waals surface area contributed by atoms with Gasteiger partial charge in [0.15, 0.2) is 0 Å². The molecule has 2 rings (SSSR count). The summed E-state index contributed by atoms with van der Waals surface area (Å²) < 4.78 is 10.7. The van der Waals surface area contributed by atoms with Crippen molar-refractivity contribution in [2.75, 3.05) is 53.7 Å². The first kappa shape index (κ1) is 19.4. The smallest absolute Gasteiger partial charge is 0.239 e. The molecule has 7 nitrogen and oxygen atoms in total. The molecule has 2 amide bonds. The molecule has 1 heterocycles. The molecule has 1 fully saturated rings. The van der Waals surface area contributed by atoms with Crippen LogP contribution in [0.3, 0.4) is 0 Å². The first-order valence-corrected chi connectivity index (χ1v) is 9.05. The Labute approximate surface area is 152 Å². The summed E-state index contributed by atoms with van der Waals surface area (Å²) in [6.45, 7) is 1.33. The lowest BCUT2D eigenvalue weighted by Gasteiger charge is -2.25. The van der Waals surface area contributed by atoms with E-state index in [1.807, 2.05) is 37.2 Å². The van der Waals surface area contributed by atoms with Crippen LogP contribution in [0.4, 0.5) is 0 Å². The van der Waals surface area contributed by atoms with E-state index in [4.69, 9.17) is 9.47 Å². The van der Waals surface area contributed by atoms with E-state index in [1.165, 1.54) is 11.8 Å². The molecule has 0 bridgehead atoms. The van der Waals surface area contributed by atoms with Crippen molar-refractivity contribution in [1.29, 1.82) is 0 Å². The average Bonchev–Trinajstić information content (AvgIpc) is 2.94. The van der Waals surface area contributed by atoms with Crippen LogP contribution in [0.2, 0.25) is 0 Å². The Hall–Kier alpha value is -1.93. The van der Waals surface area contributed by atoms with E-state index >= 15 is 0 Å². The van der Waals surface area contributed by atoms with Crippen LogP contribution < -0.4 is 14.8 Å². The molecule has 0 radical (unpaired) electrons. The Morgan fingerprint density at radius 3 is 2.76 bits per heavy atom. The first-order valence-electron chi connectivity index (χ1n) is 8.00. The average molecular weight is 367 g/mol. The molecule has 1 unspecified atom stereocenters. The summed E-state index contributed by atoms with van der Waals surface area (Å²) in [6, 6.07) is 5.47. The summed E-state index contributed by atoms with van der Waals surface area (Å²) >= 11 is 1.48. The fourth-order valence-corrected chi connectivity index (χ4v) is 3.75. The number of rotatable bonds is 8. The fraction of sp³-hybridized carbons (Fsp3) is 0.529. The molecule has 0 aliphatic carbocycles. The minimum absolute atomic E-state index is 0.0320. The number of hydrogen-bond acceptors (Lipinski definition) is 6. The number of nitrogens with zero attached hydrogens (tertiary/aromatic N) is 2. The van der Waals surface area contributed by atoms with E-state index in [9.17, 15) is 9.59 Å². The topological polar surface area (TPSA) is 71.1 Å². The van der Waals surface area contributed by atoms with Gasteiger partial charge in [-0.15, -0.1) is 11.8 Å². The molecular weight excluding hydrogens is 342 g/mol. The second kappa shape index (κ2) is 8.96. The summed E-state index contributed by atoms with van der Waals surface area (Å²) in [5.74, 6) is 1.49. The van der Waals surface area contributed by atoms with Crippen molar-refractivity contribution in [3.8, 4) is 11.5 Å². The molecule has 1 atom stereocenters. The van der Waals surface area contributed by atoms with E-state index in [-0.39, 0.29) is 23.7 Å². The Balaban J connectivity index is 2.12. The summed E-state index contributed by atoms with van der Waals surface area (Å²) in [6.07, 6.45) is 0. The van der Waals surface area contributed by atoms with Gasteiger partial charge < -0.3 is 24.6 Å². The molecule has 1 N–H and O–H groups in total. The van der Waals surface area contributed by atoms with Gasteiger partial charge in [-0.2, -0.15) is 0 Å². The molecule has 1 aromatic rings. The Bertz CT molecular complexity index is 624. The minimum atomic E-state index is -0.267. The van der Waals surface area contributed by atoms with Gasteiger partial charge in [0, 0.05) is 18.7 Å². The van der Waals surface area contributed by atoms with Crippen LogP contribution in [0, 0.1) is 0 Å². The van der Waals surface area contributed by atoms with Crippen molar-refractivity contribution in [3.05, 3.63) is 23.8 Å². The zero-order chi connectivity index (χ0) is 18.4. The van der Waals surface area contributed by atoms with Gasteiger partial charge >= 0.3 is 0 Å². The molecule has 1 aliphatic heterocycles.